The Labute approximate surface area is 159 Å². The van der Waals surface area contributed by atoms with Gasteiger partial charge >= 0.3 is 0 Å². The lowest BCUT2D eigenvalue weighted by molar-refractivity contribution is 0.102. The van der Waals surface area contributed by atoms with Crippen LogP contribution in [0.4, 0.5) is 5.69 Å². The number of aromatic nitrogens is 3. The average molecular weight is 376 g/mol. The van der Waals surface area contributed by atoms with Crippen LogP contribution < -0.4 is 10.1 Å². The molecule has 0 saturated carbocycles. The van der Waals surface area contributed by atoms with Gasteiger partial charge in [-0.3, -0.25) is 4.79 Å². The van der Waals surface area contributed by atoms with Gasteiger partial charge in [-0.25, -0.2) is 15.0 Å². The summed E-state index contributed by atoms with van der Waals surface area (Å²) in [6, 6.07) is 15.1. The third-order valence-electron chi connectivity index (χ3n) is 3.84. The monoisotopic (exact) mass is 376 g/mol. The summed E-state index contributed by atoms with van der Waals surface area (Å²) in [4.78, 5) is 26.1. The van der Waals surface area contributed by atoms with Crippen molar-refractivity contribution in [2.75, 3.05) is 11.9 Å². The van der Waals surface area contributed by atoms with E-state index >= 15 is 0 Å². The van der Waals surface area contributed by atoms with Crippen molar-refractivity contribution in [1.82, 2.24) is 15.0 Å². The third-order valence-corrected chi connectivity index (χ3v) is 4.89. The first-order chi connectivity index (χ1) is 13.3. The highest BCUT2D eigenvalue weighted by Gasteiger charge is 2.20. The van der Waals surface area contributed by atoms with Crippen molar-refractivity contribution in [3.63, 3.8) is 0 Å². The molecule has 2 heterocycles. The summed E-state index contributed by atoms with van der Waals surface area (Å²) in [5.41, 5.74) is 2.15. The first kappa shape index (κ1) is 17.1. The Hall–Kier alpha value is -3.32. The number of carbonyl (C=O) groups is 1. The van der Waals surface area contributed by atoms with E-state index in [1.165, 1.54) is 17.5 Å². The van der Waals surface area contributed by atoms with Crippen LogP contribution in [-0.2, 0) is 0 Å². The molecule has 0 saturated heterocycles. The number of carbonyl (C=O) groups excluding carboxylic acids is 1. The van der Waals surface area contributed by atoms with E-state index in [0.717, 1.165) is 10.2 Å². The highest BCUT2D eigenvalue weighted by atomic mass is 32.1. The number of amides is 1. The molecule has 7 heteroatoms. The molecule has 134 valence electrons. The van der Waals surface area contributed by atoms with Crippen molar-refractivity contribution >= 4 is 33.1 Å². The van der Waals surface area contributed by atoms with Gasteiger partial charge in [0.05, 0.1) is 22.5 Å². The number of nitrogens with zero attached hydrogens (tertiary/aromatic N) is 3. The normalized spacial score (nSPS) is 10.7. The van der Waals surface area contributed by atoms with Crippen LogP contribution in [0.1, 0.15) is 17.4 Å². The van der Waals surface area contributed by atoms with Gasteiger partial charge < -0.3 is 10.1 Å². The number of nitrogens with one attached hydrogen (secondary N) is 1. The van der Waals surface area contributed by atoms with Gasteiger partial charge in [-0.2, -0.15) is 0 Å². The molecule has 0 aliphatic carbocycles. The lowest BCUT2D eigenvalue weighted by Gasteiger charge is -2.11. The van der Waals surface area contributed by atoms with Gasteiger partial charge in [0.1, 0.15) is 16.5 Å². The number of fused-ring (bicyclic) bond motifs is 1. The zero-order valence-electron chi connectivity index (χ0n) is 14.5. The molecule has 1 amide bonds. The Kier molecular flexibility index (Phi) is 4.76. The van der Waals surface area contributed by atoms with Crippen molar-refractivity contribution in [2.24, 2.45) is 0 Å². The summed E-state index contributed by atoms with van der Waals surface area (Å²) >= 11 is 1.48. The maximum atomic E-state index is 12.9. The Balaban J connectivity index is 1.70. The summed E-state index contributed by atoms with van der Waals surface area (Å²) in [6.45, 7) is 2.40. The molecule has 0 aliphatic rings. The maximum absolute atomic E-state index is 12.9. The molecule has 2 aromatic carbocycles. The van der Waals surface area contributed by atoms with Gasteiger partial charge in [0, 0.05) is 12.4 Å². The predicted octanol–water partition coefficient (Wildman–Crippen LogP) is 4.40. The molecule has 0 radical (unpaired) electrons. The van der Waals surface area contributed by atoms with E-state index < -0.39 is 0 Å². The van der Waals surface area contributed by atoms with Crippen LogP contribution in [0, 0.1) is 0 Å². The minimum absolute atomic E-state index is 0.225. The first-order valence-electron chi connectivity index (χ1n) is 8.46. The second-order valence-electron chi connectivity index (χ2n) is 5.62. The van der Waals surface area contributed by atoms with Crippen LogP contribution in [-0.4, -0.2) is 27.5 Å². The van der Waals surface area contributed by atoms with Crippen molar-refractivity contribution in [3.8, 4) is 16.5 Å². The Morgan fingerprint density at radius 2 is 1.85 bits per heavy atom. The highest BCUT2D eigenvalue weighted by molar-refractivity contribution is 7.21. The minimum Gasteiger partial charge on any atom is -0.492 e. The number of rotatable bonds is 5. The van der Waals surface area contributed by atoms with Gasteiger partial charge in [-0.15, -0.1) is 11.3 Å². The molecule has 27 heavy (non-hydrogen) atoms. The summed E-state index contributed by atoms with van der Waals surface area (Å²) in [7, 11) is 0. The van der Waals surface area contributed by atoms with E-state index in [4.69, 9.17) is 4.74 Å². The van der Waals surface area contributed by atoms with Crippen molar-refractivity contribution < 1.29 is 9.53 Å². The quantitative estimate of drug-likeness (QED) is 0.558. The molecule has 0 bridgehead atoms. The van der Waals surface area contributed by atoms with E-state index in [2.05, 4.69) is 20.3 Å². The summed E-state index contributed by atoms with van der Waals surface area (Å²) < 4.78 is 6.60. The third kappa shape index (κ3) is 3.50. The molecule has 0 atom stereocenters. The zero-order valence-corrected chi connectivity index (χ0v) is 15.4. The van der Waals surface area contributed by atoms with Crippen LogP contribution in [0.15, 0.2) is 60.9 Å². The number of para-hydroxylation sites is 3. The highest BCUT2D eigenvalue weighted by Crippen LogP contribution is 2.31. The average Bonchev–Trinajstić information content (AvgIpc) is 3.14. The Bertz CT molecular complexity index is 1080. The molecule has 4 rings (SSSR count). The number of thiazole rings is 1. The van der Waals surface area contributed by atoms with E-state index in [0.29, 0.717) is 28.7 Å². The van der Waals surface area contributed by atoms with Crippen LogP contribution >= 0.6 is 11.3 Å². The number of hydrogen-bond acceptors (Lipinski definition) is 6. The zero-order chi connectivity index (χ0) is 18.6. The molecule has 0 spiro atoms. The molecule has 6 nitrogen and oxygen atoms in total. The van der Waals surface area contributed by atoms with Crippen LogP contribution in [0.3, 0.4) is 0 Å². The van der Waals surface area contributed by atoms with Gasteiger partial charge in [0.2, 0.25) is 0 Å². The van der Waals surface area contributed by atoms with Gasteiger partial charge in [-0.1, -0.05) is 24.3 Å². The van der Waals surface area contributed by atoms with Crippen molar-refractivity contribution in [3.05, 3.63) is 66.6 Å². The lowest BCUT2D eigenvalue weighted by atomic mass is 10.2. The lowest BCUT2D eigenvalue weighted by Crippen LogP contribution is -2.16. The van der Waals surface area contributed by atoms with Gasteiger partial charge in [0.25, 0.3) is 5.91 Å². The Morgan fingerprint density at radius 3 is 2.70 bits per heavy atom. The van der Waals surface area contributed by atoms with Crippen molar-refractivity contribution in [1.29, 1.82) is 0 Å². The van der Waals surface area contributed by atoms with Crippen molar-refractivity contribution in [2.45, 2.75) is 6.92 Å². The van der Waals surface area contributed by atoms with Crippen LogP contribution in [0.2, 0.25) is 0 Å². The molecular weight excluding hydrogens is 360 g/mol. The molecule has 1 N–H and O–H groups in total. The Morgan fingerprint density at radius 1 is 1.07 bits per heavy atom. The largest absolute Gasteiger partial charge is 0.492 e. The fourth-order valence-corrected chi connectivity index (χ4v) is 3.63. The van der Waals surface area contributed by atoms with Gasteiger partial charge in [0.15, 0.2) is 5.69 Å². The molecule has 0 unspecified atom stereocenters. The second-order valence-corrected chi connectivity index (χ2v) is 6.65. The molecular formula is C20H16N4O2S. The van der Waals surface area contributed by atoms with Gasteiger partial charge in [-0.05, 0) is 31.2 Å². The number of ether oxygens (including phenoxy) is 1. The SMILES string of the molecule is CCOc1ccccc1NC(=O)c1nccnc1-c1nc2ccccc2s1. The van der Waals surface area contributed by atoms with Crippen LogP contribution in [0.25, 0.3) is 20.9 Å². The standard InChI is InChI=1S/C20H16N4O2S/c1-2-26-15-9-5-3-7-13(15)23-19(25)17-18(22-12-11-21-17)20-24-14-8-4-6-10-16(14)27-20/h3-12H,2H2,1H3,(H,23,25). The van der Waals surface area contributed by atoms with E-state index in [1.54, 1.807) is 12.3 Å². The summed E-state index contributed by atoms with van der Waals surface area (Å²) in [5.74, 6) is 0.253. The number of benzene rings is 2. The summed E-state index contributed by atoms with van der Waals surface area (Å²) in [6.07, 6.45) is 3.06. The predicted molar refractivity (Wildman–Crippen MR) is 106 cm³/mol. The maximum Gasteiger partial charge on any atom is 0.276 e. The number of hydrogen-bond donors (Lipinski definition) is 1. The summed E-state index contributed by atoms with van der Waals surface area (Å²) in [5, 5.41) is 3.53. The van der Waals surface area contributed by atoms with E-state index in [-0.39, 0.29) is 11.6 Å². The molecule has 2 aromatic heterocycles. The number of anilines is 1. The first-order valence-corrected chi connectivity index (χ1v) is 9.28. The van der Waals surface area contributed by atoms with E-state index in [1.807, 2.05) is 49.4 Å². The molecule has 0 fully saturated rings. The fraction of sp³-hybridized carbons (Fsp3) is 0.100. The molecule has 4 aromatic rings. The smallest absolute Gasteiger partial charge is 0.276 e. The topological polar surface area (TPSA) is 77.0 Å². The molecule has 0 aliphatic heterocycles. The fourth-order valence-electron chi connectivity index (χ4n) is 2.67. The van der Waals surface area contributed by atoms with Crippen LogP contribution in [0.5, 0.6) is 5.75 Å². The van der Waals surface area contributed by atoms with E-state index in [9.17, 15) is 4.79 Å². The second kappa shape index (κ2) is 7.51. The minimum atomic E-state index is -0.357.